The van der Waals surface area contributed by atoms with Crippen molar-refractivity contribution in [2.75, 3.05) is 0 Å². The van der Waals surface area contributed by atoms with Crippen molar-refractivity contribution in [1.82, 2.24) is 5.32 Å². The molecule has 0 heterocycles. The van der Waals surface area contributed by atoms with Crippen LogP contribution in [0.15, 0.2) is 28.7 Å². The standard InChI is InChI=1S/C14H19BrN2O3/c1-8(2)12(13(16)18)17-14(19)9(3)20-11-6-4-5-10(15)7-11/h4-9,12H,1-3H3,(H2,16,18)(H,17,19)/t9-,12-/m0/s1. The van der Waals surface area contributed by atoms with Crippen molar-refractivity contribution in [3.05, 3.63) is 28.7 Å². The van der Waals surface area contributed by atoms with Gasteiger partial charge in [-0.25, -0.2) is 0 Å². The Morgan fingerprint density at radius 3 is 2.45 bits per heavy atom. The highest BCUT2D eigenvalue weighted by Gasteiger charge is 2.25. The minimum absolute atomic E-state index is 0.0745. The van der Waals surface area contributed by atoms with E-state index >= 15 is 0 Å². The van der Waals surface area contributed by atoms with Crippen LogP contribution in [0.4, 0.5) is 0 Å². The largest absolute Gasteiger partial charge is 0.481 e. The molecule has 0 unspecified atom stereocenters. The molecule has 0 aromatic heterocycles. The first-order valence-electron chi connectivity index (χ1n) is 6.33. The van der Waals surface area contributed by atoms with Crippen LogP contribution >= 0.6 is 15.9 Å². The highest BCUT2D eigenvalue weighted by atomic mass is 79.9. The Morgan fingerprint density at radius 2 is 1.95 bits per heavy atom. The molecule has 0 aliphatic heterocycles. The van der Waals surface area contributed by atoms with E-state index in [0.29, 0.717) is 5.75 Å². The van der Waals surface area contributed by atoms with E-state index in [2.05, 4.69) is 21.2 Å². The molecular weight excluding hydrogens is 324 g/mol. The van der Waals surface area contributed by atoms with Crippen LogP contribution in [0.2, 0.25) is 0 Å². The van der Waals surface area contributed by atoms with Crippen molar-refractivity contribution < 1.29 is 14.3 Å². The smallest absolute Gasteiger partial charge is 0.261 e. The van der Waals surface area contributed by atoms with E-state index in [1.54, 1.807) is 19.1 Å². The van der Waals surface area contributed by atoms with Gasteiger partial charge in [0.2, 0.25) is 5.91 Å². The summed E-state index contributed by atoms with van der Waals surface area (Å²) in [4.78, 5) is 23.3. The van der Waals surface area contributed by atoms with Crippen LogP contribution in [0, 0.1) is 5.92 Å². The third-order valence-electron chi connectivity index (χ3n) is 2.75. The van der Waals surface area contributed by atoms with Gasteiger partial charge in [-0.2, -0.15) is 0 Å². The summed E-state index contributed by atoms with van der Waals surface area (Å²) in [5.41, 5.74) is 5.26. The van der Waals surface area contributed by atoms with E-state index in [0.717, 1.165) is 4.47 Å². The third-order valence-corrected chi connectivity index (χ3v) is 3.24. The van der Waals surface area contributed by atoms with Gasteiger partial charge in [-0.05, 0) is 31.0 Å². The summed E-state index contributed by atoms with van der Waals surface area (Å²) in [7, 11) is 0. The van der Waals surface area contributed by atoms with Gasteiger partial charge in [-0.3, -0.25) is 9.59 Å². The highest BCUT2D eigenvalue weighted by molar-refractivity contribution is 9.10. The van der Waals surface area contributed by atoms with Gasteiger partial charge >= 0.3 is 0 Å². The molecule has 0 fully saturated rings. The number of nitrogens with one attached hydrogen (secondary N) is 1. The summed E-state index contributed by atoms with van der Waals surface area (Å²) in [6.07, 6.45) is -0.718. The van der Waals surface area contributed by atoms with Crippen LogP contribution in [0.25, 0.3) is 0 Å². The minimum atomic E-state index is -0.718. The van der Waals surface area contributed by atoms with Gasteiger partial charge in [0, 0.05) is 4.47 Å². The van der Waals surface area contributed by atoms with Gasteiger partial charge in [0.25, 0.3) is 5.91 Å². The fourth-order valence-electron chi connectivity index (χ4n) is 1.63. The second-order valence-corrected chi connectivity index (χ2v) is 5.77. The highest BCUT2D eigenvalue weighted by Crippen LogP contribution is 2.19. The zero-order valence-electron chi connectivity index (χ0n) is 11.7. The number of nitrogens with two attached hydrogens (primary N) is 1. The monoisotopic (exact) mass is 342 g/mol. The molecule has 2 atom stereocenters. The lowest BCUT2D eigenvalue weighted by Crippen LogP contribution is -2.51. The van der Waals surface area contributed by atoms with Crippen molar-refractivity contribution in [1.29, 1.82) is 0 Å². The maximum atomic E-state index is 12.0. The number of hydrogen-bond acceptors (Lipinski definition) is 3. The first-order valence-corrected chi connectivity index (χ1v) is 7.12. The third kappa shape index (κ3) is 4.85. The Bertz CT molecular complexity index is 491. The van der Waals surface area contributed by atoms with E-state index in [-0.39, 0.29) is 11.8 Å². The summed E-state index contributed by atoms with van der Waals surface area (Å²) in [5, 5.41) is 2.60. The molecule has 1 aromatic carbocycles. The predicted molar refractivity (Wildman–Crippen MR) is 80.2 cm³/mol. The summed E-state index contributed by atoms with van der Waals surface area (Å²) < 4.78 is 6.38. The number of rotatable bonds is 6. The van der Waals surface area contributed by atoms with E-state index in [4.69, 9.17) is 10.5 Å². The molecule has 110 valence electrons. The molecule has 0 aliphatic rings. The number of amides is 2. The molecule has 0 radical (unpaired) electrons. The number of hydrogen-bond donors (Lipinski definition) is 2. The lowest BCUT2D eigenvalue weighted by molar-refractivity contribution is -0.132. The molecule has 0 saturated carbocycles. The van der Waals surface area contributed by atoms with E-state index in [1.807, 2.05) is 26.0 Å². The Morgan fingerprint density at radius 1 is 1.30 bits per heavy atom. The van der Waals surface area contributed by atoms with E-state index in [1.165, 1.54) is 0 Å². The maximum absolute atomic E-state index is 12.0. The molecule has 0 spiro atoms. The van der Waals surface area contributed by atoms with Gasteiger partial charge in [-0.15, -0.1) is 0 Å². The zero-order valence-corrected chi connectivity index (χ0v) is 13.3. The molecule has 1 rings (SSSR count). The maximum Gasteiger partial charge on any atom is 0.261 e. The number of carbonyl (C=O) groups excluding carboxylic acids is 2. The molecule has 0 saturated heterocycles. The molecule has 1 aromatic rings. The molecule has 3 N–H and O–H groups in total. The molecule has 5 nitrogen and oxygen atoms in total. The summed E-state index contributed by atoms with van der Waals surface area (Å²) >= 11 is 3.33. The van der Waals surface area contributed by atoms with Crippen molar-refractivity contribution in [3.8, 4) is 5.75 Å². The minimum Gasteiger partial charge on any atom is -0.481 e. The van der Waals surface area contributed by atoms with Crippen molar-refractivity contribution in [3.63, 3.8) is 0 Å². The SMILES string of the molecule is CC(C)[C@H](NC(=O)[C@H](C)Oc1cccc(Br)c1)C(N)=O. The topological polar surface area (TPSA) is 81.4 Å². The van der Waals surface area contributed by atoms with Gasteiger partial charge in [0.05, 0.1) is 0 Å². The quantitative estimate of drug-likeness (QED) is 0.827. The number of halogens is 1. The van der Waals surface area contributed by atoms with Crippen LogP contribution < -0.4 is 15.8 Å². The average molecular weight is 343 g/mol. The fraction of sp³-hybridized carbons (Fsp3) is 0.429. The van der Waals surface area contributed by atoms with Crippen LogP contribution in [-0.2, 0) is 9.59 Å². The van der Waals surface area contributed by atoms with Gasteiger partial charge < -0.3 is 15.8 Å². The second-order valence-electron chi connectivity index (χ2n) is 4.85. The average Bonchev–Trinajstić information content (AvgIpc) is 2.34. The fourth-order valence-corrected chi connectivity index (χ4v) is 2.01. The summed E-state index contributed by atoms with van der Waals surface area (Å²) in [5.74, 6) is -0.429. The first kappa shape index (κ1) is 16.5. The molecule has 0 bridgehead atoms. The Kier molecular flexibility index (Phi) is 6.01. The van der Waals surface area contributed by atoms with Crippen LogP contribution in [0.1, 0.15) is 20.8 Å². The Labute approximate surface area is 127 Å². The molecule has 2 amide bonds. The summed E-state index contributed by atoms with van der Waals surface area (Å²) in [6.45, 7) is 5.25. The number of benzene rings is 1. The van der Waals surface area contributed by atoms with Crippen LogP contribution in [0.3, 0.4) is 0 Å². The lowest BCUT2D eigenvalue weighted by atomic mass is 10.0. The van der Waals surface area contributed by atoms with Crippen molar-refractivity contribution >= 4 is 27.7 Å². The van der Waals surface area contributed by atoms with Crippen molar-refractivity contribution in [2.45, 2.75) is 32.9 Å². The van der Waals surface area contributed by atoms with E-state index < -0.39 is 18.1 Å². The number of carbonyl (C=O) groups is 2. The summed E-state index contributed by atoms with van der Waals surface area (Å²) in [6, 6.07) is 6.49. The molecule has 0 aliphatic carbocycles. The van der Waals surface area contributed by atoms with Crippen LogP contribution in [-0.4, -0.2) is 24.0 Å². The van der Waals surface area contributed by atoms with Gasteiger partial charge in [0.1, 0.15) is 11.8 Å². The Hall–Kier alpha value is -1.56. The molecular formula is C14H19BrN2O3. The normalized spacial score (nSPS) is 13.7. The first-order chi connectivity index (χ1) is 9.31. The lowest BCUT2D eigenvalue weighted by Gasteiger charge is -2.21. The molecule has 20 heavy (non-hydrogen) atoms. The van der Waals surface area contributed by atoms with Crippen LogP contribution in [0.5, 0.6) is 5.75 Å². The number of ether oxygens (including phenoxy) is 1. The zero-order chi connectivity index (χ0) is 15.3. The number of primary amides is 1. The molecule has 6 heteroatoms. The van der Waals surface area contributed by atoms with Gasteiger partial charge in [-0.1, -0.05) is 35.8 Å². The van der Waals surface area contributed by atoms with Crippen molar-refractivity contribution in [2.24, 2.45) is 11.7 Å². The second kappa shape index (κ2) is 7.28. The van der Waals surface area contributed by atoms with Gasteiger partial charge in [0.15, 0.2) is 6.10 Å². The Balaban J connectivity index is 2.65. The van der Waals surface area contributed by atoms with E-state index in [9.17, 15) is 9.59 Å². The predicted octanol–water partition coefficient (Wildman–Crippen LogP) is 1.84.